The Morgan fingerprint density at radius 3 is 2.77 bits per heavy atom. The van der Waals surface area contributed by atoms with Gasteiger partial charge in [0.25, 0.3) is 0 Å². The third-order valence-corrected chi connectivity index (χ3v) is 5.05. The van der Waals surface area contributed by atoms with E-state index in [2.05, 4.69) is 25.4 Å². The number of para-hydroxylation sites is 2. The molecule has 0 radical (unpaired) electrons. The molecule has 0 atom stereocenters. The number of H-pyrrole nitrogens is 1. The van der Waals surface area contributed by atoms with Crippen LogP contribution in [0.2, 0.25) is 0 Å². The van der Waals surface area contributed by atoms with Gasteiger partial charge in [-0.3, -0.25) is 9.78 Å². The largest absolute Gasteiger partial charge is 0.361 e. The number of nitrogens with zero attached hydrogens (tertiary/aromatic N) is 3. The van der Waals surface area contributed by atoms with Crippen molar-refractivity contribution in [1.82, 2.24) is 20.1 Å². The van der Waals surface area contributed by atoms with Crippen molar-refractivity contribution >= 4 is 22.5 Å². The molecule has 152 valence electrons. The zero-order valence-electron chi connectivity index (χ0n) is 16.6. The number of benzene rings is 2. The summed E-state index contributed by atoms with van der Waals surface area (Å²) in [6.07, 6.45) is 5.96. The monoisotopic (exact) mass is 409 g/mol. The minimum absolute atomic E-state index is 0.0845. The van der Waals surface area contributed by atoms with Crippen LogP contribution in [-0.2, 0) is 17.6 Å². The van der Waals surface area contributed by atoms with E-state index < -0.39 is 0 Å². The Balaban J connectivity index is 1.31. The molecule has 3 heterocycles. The maximum Gasteiger partial charge on any atom is 0.231 e. The molecule has 0 aliphatic heterocycles. The molecule has 0 unspecified atom stereocenters. The lowest BCUT2D eigenvalue weighted by atomic mass is 10.1. The predicted molar refractivity (Wildman–Crippen MR) is 117 cm³/mol. The van der Waals surface area contributed by atoms with Gasteiger partial charge in [0, 0.05) is 40.7 Å². The molecular formula is C24H19N5O2. The summed E-state index contributed by atoms with van der Waals surface area (Å²) in [6, 6.07) is 19.3. The Bertz CT molecular complexity index is 1340. The third-order valence-electron chi connectivity index (χ3n) is 5.05. The molecule has 3 aromatic heterocycles. The van der Waals surface area contributed by atoms with Crippen molar-refractivity contribution in [3.05, 3.63) is 96.3 Å². The normalized spacial score (nSPS) is 11.0. The SMILES string of the molecule is O=C(Cc1c[nH]c2ccccc12)Nc1ccccc1Cc1nc(-c2cccnc2)no1. The van der Waals surface area contributed by atoms with E-state index in [4.69, 9.17) is 4.52 Å². The molecule has 0 saturated carbocycles. The Hall–Kier alpha value is -4.26. The lowest BCUT2D eigenvalue weighted by Crippen LogP contribution is -2.15. The molecule has 1 amide bonds. The van der Waals surface area contributed by atoms with E-state index in [0.29, 0.717) is 18.1 Å². The number of anilines is 1. The number of rotatable bonds is 6. The Morgan fingerprint density at radius 2 is 1.87 bits per heavy atom. The molecule has 31 heavy (non-hydrogen) atoms. The summed E-state index contributed by atoms with van der Waals surface area (Å²) < 4.78 is 5.41. The first-order chi connectivity index (χ1) is 15.3. The van der Waals surface area contributed by atoms with E-state index >= 15 is 0 Å². The first-order valence-electron chi connectivity index (χ1n) is 9.92. The van der Waals surface area contributed by atoms with Crippen LogP contribution in [0.15, 0.2) is 83.8 Å². The number of pyridine rings is 1. The van der Waals surface area contributed by atoms with E-state index in [0.717, 1.165) is 33.3 Å². The molecule has 0 saturated heterocycles. The molecule has 2 aromatic carbocycles. The molecule has 7 nitrogen and oxygen atoms in total. The molecule has 0 aliphatic carbocycles. The zero-order valence-corrected chi connectivity index (χ0v) is 16.6. The number of aromatic nitrogens is 4. The van der Waals surface area contributed by atoms with Gasteiger partial charge in [0.2, 0.25) is 17.6 Å². The van der Waals surface area contributed by atoms with Gasteiger partial charge in [-0.25, -0.2) is 0 Å². The molecule has 0 aliphatic rings. The van der Waals surface area contributed by atoms with Crippen LogP contribution in [0.3, 0.4) is 0 Å². The average Bonchev–Trinajstić information content (AvgIpc) is 3.43. The quantitative estimate of drug-likeness (QED) is 0.434. The van der Waals surface area contributed by atoms with Gasteiger partial charge >= 0.3 is 0 Å². The highest BCUT2D eigenvalue weighted by molar-refractivity contribution is 5.96. The van der Waals surface area contributed by atoms with Gasteiger partial charge in [-0.1, -0.05) is 41.6 Å². The van der Waals surface area contributed by atoms with Crippen LogP contribution in [0.4, 0.5) is 5.69 Å². The standard InChI is InChI=1S/C24H19N5O2/c30-22(12-18-15-26-21-10-4-2-8-19(18)21)27-20-9-3-1-6-16(20)13-23-28-24(29-31-23)17-7-5-11-25-14-17/h1-11,14-15,26H,12-13H2,(H,27,30). The summed E-state index contributed by atoms with van der Waals surface area (Å²) in [5.41, 5.74) is 4.40. The molecule has 0 fully saturated rings. The fourth-order valence-corrected chi connectivity index (χ4v) is 3.54. The minimum Gasteiger partial charge on any atom is -0.361 e. The van der Waals surface area contributed by atoms with Crippen LogP contribution >= 0.6 is 0 Å². The Kier molecular flexibility index (Phi) is 4.98. The lowest BCUT2D eigenvalue weighted by Gasteiger charge is -2.09. The topological polar surface area (TPSA) is 96.7 Å². The highest BCUT2D eigenvalue weighted by atomic mass is 16.5. The van der Waals surface area contributed by atoms with Crippen LogP contribution in [-0.4, -0.2) is 26.0 Å². The van der Waals surface area contributed by atoms with Crippen molar-refractivity contribution in [3.63, 3.8) is 0 Å². The number of aromatic amines is 1. The summed E-state index contributed by atoms with van der Waals surface area (Å²) in [4.78, 5) is 24.5. The van der Waals surface area contributed by atoms with Crippen LogP contribution in [0.1, 0.15) is 17.0 Å². The number of hydrogen-bond donors (Lipinski definition) is 2. The van der Waals surface area contributed by atoms with Crippen LogP contribution in [0.5, 0.6) is 0 Å². The van der Waals surface area contributed by atoms with Crippen molar-refractivity contribution in [1.29, 1.82) is 0 Å². The Morgan fingerprint density at radius 1 is 1.00 bits per heavy atom. The van der Waals surface area contributed by atoms with Crippen LogP contribution < -0.4 is 5.32 Å². The van der Waals surface area contributed by atoms with Gasteiger partial charge in [-0.05, 0) is 35.4 Å². The smallest absolute Gasteiger partial charge is 0.231 e. The number of nitrogens with one attached hydrogen (secondary N) is 2. The third kappa shape index (κ3) is 4.06. The maximum atomic E-state index is 12.7. The fourth-order valence-electron chi connectivity index (χ4n) is 3.54. The van der Waals surface area contributed by atoms with Gasteiger partial charge < -0.3 is 14.8 Å². The fraction of sp³-hybridized carbons (Fsp3) is 0.0833. The van der Waals surface area contributed by atoms with Gasteiger partial charge in [-0.15, -0.1) is 0 Å². The molecule has 5 rings (SSSR count). The van der Waals surface area contributed by atoms with Crippen LogP contribution in [0, 0.1) is 0 Å². The van der Waals surface area contributed by atoms with Crippen LogP contribution in [0.25, 0.3) is 22.3 Å². The van der Waals surface area contributed by atoms with Gasteiger partial charge in [-0.2, -0.15) is 4.98 Å². The van der Waals surface area contributed by atoms with Gasteiger partial charge in [0.1, 0.15) is 0 Å². The van der Waals surface area contributed by atoms with Gasteiger partial charge in [0.15, 0.2) is 0 Å². The number of hydrogen-bond acceptors (Lipinski definition) is 5. The number of carbonyl (C=O) groups is 1. The second-order valence-electron chi connectivity index (χ2n) is 7.17. The Labute approximate surface area is 178 Å². The average molecular weight is 409 g/mol. The van der Waals surface area contributed by atoms with E-state index in [-0.39, 0.29) is 12.3 Å². The second-order valence-corrected chi connectivity index (χ2v) is 7.17. The van der Waals surface area contributed by atoms with Gasteiger partial charge in [0.05, 0.1) is 12.8 Å². The van der Waals surface area contributed by atoms with Crippen molar-refractivity contribution in [3.8, 4) is 11.4 Å². The first kappa shape index (κ1) is 18.7. The number of amides is 1. The summed E-state index contributed by atoms with van der Waals surface area (Å²) in [5, 5.41) is 8.11. The summed E-state index contributed by atoms with van der Waals surface area (Å²) >= 11 is 0. The molecule has 2 N–H and O–H groups in total. The maximum absolute atomic E-state index is 12.7. The van der Waals surface area contributed by atoms with E-state index in [1.165, 1.54) is 0 Å². The lowest BCUT2D eigenvalue weighted by molar-refractivity contribution is -0.115. The van der Waals surface area contributed by atoms with Crippen molar-refractivity contribution < 1.29 is 9.32 Å². The summed E-state index contributed by atoms with van der Waals surface area (Å²) in [6.45, 7) is 0. The first-order valence-corrected chi connectivity index (χ1v) is 9.92. The number of carbonyl (C=O) groups excluding carboxylic acids is 1. The van der Waals surface area contributed by atoms with Crippen molar-refractivity contribution in [2.75, 3.05) is 5.32 Å². The molecule has 0 bridgehead atoms. The highest BCUT2D eigenvalue weighted by Gasteiger charge is 2.14. The highest BCUT2D eigenvalue weighted by Crippen LogP contribution is 2.22. The molecule has 7 heteroatoms. The molecule has 5 aromatic rings. The molecule has 0 spiro atoms. The van der Waals surface area contributed by atoms with E-state index in [9.17, 15) is 4.79 Å². The second kappa shape index (κ2) is 8.23. The zero-order chi connectivity index (χ0) is 21.0. The summed E-state index contributed by atoms with van der Waals surface area (Å²) in [5.74, 6) is 0.875. The summed E-state index contributed by atoms with van der Waals surface area (Å²) in [7, 11) is 0. The van der Waals surface area contributed by atoms with Crippen molar-refractivity contribution in [2.24, 2.45) is 0 Å². The van der Waals surface area contributed by atoms with E-state index in [1.807, 2.05) is 66.9 Å². The van der Waals surface area contributed by atoms with Crippen molar-refractivity contribution in [2.45, 2.75) is 12.8 Å². The number of fused-ring (bicyclic) bond motifs is 1. The van der Waals surface area contributed by atoms with E-state index in [1.54, 1.807) is 12.4 Å². The molecular weight excluding hydrogens is 390 g/mol. The predicted octanol–water partition coefficient (Wildman–Crippen LogP) is 4.38. The minimum atomic E-state index is -0.0845.